The molecule has 0 unspecified atom stereocenters. The number of carbonyl (C=O) groups excluding carboxylic acids is 1. The molecule has 110 valence electrons. The number of carbonyl (C=O) groups is 1. The van der Waals surface area contributed by atoms with Crippen LogP contribution in [0.25, 0.3) is 0 Å². The summed E-state index contributed by atoms with van der Waals surface area (Å²) in [6.45, 7) is 6.65. The Bertz CT molecular complexity index is 632. The quantitative estimate of drug-likeness (QED) is 0.809. The highest BCUT2D eigenvalue weighted by atomic mass is 16.1. The number of rotatable bonds is 4. The molecule has 3 rings (SSSR count). The Morgan fingerprint density at radius 3 is 2.81 bits per heavy atom. The molecule has 0 bridgehead atoms. The Hall–Kier alpha value is -2.17. The van der Waals surface area contributed by atoms with E-state index in [-0.39, 0.29) is 5.78 Å². The lowest BCUT2D eigenvalue weighted by Crippen LogP contribution is -2.20. The van der Waals surface area contributed by atoms with Gasteiger partial charge >= 0.3 is 0 Å². The lowest BCUT2D eigenvalue weighted by atomic mass is 10.2. The molecule has 1 atom stereocenters. The third-order valence-corrected chi connectivity index (χ3v) is 3.94. The van der Waals surface area contributed by atoms with Gasteiger partial charge in [-0.05, 0) is 30.9 Å². The number of Topliss-reactive ketones (excluding diaryl/α,β-unsaturated/α-hetero) is 1. The van der Waals surface area contributed by atoms with Crippen molar-refractivity contribution in [2.75, 3.05) is 18.0 Å². The lowest BCUT2D eigenvalue weighted by molar-refractivity contribution is 0.101. The molecule has 5 heteroatoms. The van der Waals surface area contributed by atoms with Crippen molar-refractivity contribution in [2.45, 2.75) is 26.8 Å². The van der Waals surface area contributed by atoms with Crippen LogP contribution in [0.15, 0.2) is 30.7 Å². The van der Waals surface area contributed by atoms with Crippen LogP contribution in [0.4, 0.5) is 5.82 Å². The van der Waals surface area contributed by atoms with Crippen LogP contribution in [-0.4, -0.2) is 33.6 Å². The molecule has 5 nitrogen and oxygen atoms in total. The lowest BCUT2D eigenvalue weighted by Gasteiger charge is -2.17. The molecule has 0 aromatic carbocycles. The predicted molar refractivity (Wildman–Crippen MR) is 81.6 cm³/mol. The molecule has 0 N–H and O–H groups in total. The summed E-state index contributed by atoms with van der Waals surface area (Å²) in [5.41, 5.74) is 1.73. The largest absolute Gasteiger partial charge is 0.356 e. The van der Waals surface area contributed by atoms with Crippen molar-refractivity contribution in [3.8, 4) is 0 Å². The number of hydrogen-bond donors (Lipinski definition) is 0. The zero-order valence-electron chi connectivity index (χ0n) is 12.5. The number of anilines is 1. The van der Waals surface area contributed by atoms with Gasteiger partial charge in [-0.2, -0.15) is 5.10 Å². The maximum Gasteiger partial charge on any atom is 0.162 e. The molecule has 1 aliphatic rings. The fourth-order valence-corrected chi connectivity index (χ4v) is 2.66. The van der Waals surface area contributed by atoms with E-state index < -0.39 is 0 Å². The standard InChI is InChI=1S/C16H20N4O/c1-12-5-6-19(9-12)16-4-3-14(7-17-16)10-20-11-15(8-18-20)13(2)21/h3-4,7-8,11-12H,5-6,9-10H2,1-2H3/t12-/m0/s1. The van der Waals surface area contributed by atoms with E-state index in [1.807, 2.05) is 6.20 Å². The second kappa shape index (κ2) is 5.68. The van der Waals surface area contributed by atoms with Crippen molar-refractivity contribution in [3.05, 3.63) is 41.9 Å². The number of pyridine rings is 1. The molecular weight excluding hydrogens is 264 g/mol. The first-order valence-electron chi connectivity index (χ1n) is 7.35. The first kappa shape index (κ1) is 13.8. The van der Waals surface area contributed by atoms with E-state index in [9.17, 15) is 4.79 Å². The third kappa shape index (κ3) is 3.12. The highest BCUT2D eigenvalue weighted by Gasteiger charge is 2.19. The topological polar surface area (TPSA) is 51.0 Å². The van der Waals surface area contributed by atoms with Crippen LogP contribution in [0.2, 0.25) is 0 Å². The minimum Gasteiger partial charge on any atom is -0.356 e. The van der Waals surface area contributed by atoms with Gasteiger partial charge in [0.05, 0.1) is 18.3 Å². The van der Waals surface area contributed by atoms with Gasteiger partial charge in [0, 0.05) is 25.5 Å². The van der Waals surface area contributed by atoms with E-state index in [2.05, 4.69) is 34.0 Å². The van der Waals surface area contributed by atoms with E-state index in [1.165, 1.54) is 6.42 Å². The highest BCUT2D eigenvalue weighted by Crippen LogP contribution is 2.21. The average molecular weight is 284 g/mol. The third-order valence-electron chi connectivity index (χ3n) is 3.94. The molecule has 0 aliphatic carbocycles. The summed E-state index contributed by atoms with van der Waals surface area (Å²) in [4.78, 5) is 18.1. The molecule has 2 aromatic heterocycles. The molecular formula is C16H20N4O. The maximum absolute atomic E-state index is 11.3. The second-order valence-electron chi connectivity index (χ2n) is 5.85. The van der Waals surface area contributed by atoms with Crippen molar-refractivity contribution in [3.63, 3.8) is 0 Å². The Labute approximate surface area is 124 Å². The van der Waals surface area contributed by atoms with Gasteiger partial charge in [0.2, 0.25) is 0 Å². The molecule has 3 heterocycles. The van der Waals surface area contributed by atoms with Crippen molar-refractivity contribution in [1.82, 2.24) is 14.8 Å². The van der Waals surface area contributed by atoms with Gasteiger partial charge in [-0.15, -0.1) is 0 Å². The summed E-state index contributed by atoms with van der Waals surface area (Å²) in [6, 6.07) is 4.16. The highest BCUT2D eigenvalue weighted by molar-refractivity contribution is 5.93. The SMILES string of the molecule is CC(=O)c1cnn(Cc2ccc(N3CC[C@H](C)C3)nc2)c1. The van der Waals surface area contributed by atoms with Gasteiger partial charge in [0.15, 0.2) is 5.78 Å². The Morgan fingerprint density at radius 1 is 1.38 bits per heavy atom. The zero-order chi connectivity index (χ0) is 14.8. The number of aromatic nitrogens is 3. The fraction of sp³-hybridized carbons (Fsp3) is 0.438. The summed E-state index contributed by atoms with van der Waals surface area (Å²) in [6.07, 6.45) is 6.52. The summed E-state index contributed by atoms with van der Waals surface area (Å²) >= 11 is 0. The predicted octanol–water partition coefficient (Wildman–Crippen LogP) is 2.38. The Kier molecular flexibility index (Phi) is 3.73. The van der Waals surface area contributed by atoms with Gasteiger partial charge < -0.3 is 4.90 Å². The molecule has 1 aliphatic heterocycles. The van der Waals surface area contributed by atoms with Gasteiger partial charge in [0.1, 0.15) is 5.82 Å². The minimum atomic E-state index is 0.0397. The smallest absolute Gasteiger partial charge is 0.162 e. The van der Waals surface area contributed by atoms with Crippen molar-refractivity contribution < 1.29 is 4.79 Å². The van der Waals surface area contributed by atoms with Crippen LogP contribution in [0.1, 0.15) is 36.2 Å². The van der Waals surface area contributed by atoms with E-state index in [0.717, 1.165) is 30.4 Å². The second-order valence-corrected chi connectivity index (χ2v) is 5.85. The minimum absolute atomic E-state index is 0.0397. The summed E-state index contributed by atoms with van der Waals surface area (Å²) in [5.74, 6) is 1.84. The first-order chi connectivity index (χ1) is 10.1. The maximum atomic E-state index is 11.3. The van der Waals surface area contributed by atoms with Crippen molar-refractivity contribution in [1.29, 1.82) is 0 Å². The van der Waals surface area contributed by atoms with Crippen LogP contribution in [0.5, 0.6) is 0 Å². The van der Waals surface area contributed by atoms with Gasteiger partial charge in [-0.1, -0.05) is 13.0 Å². The average Bonchev–Trinajstić information content (AvgIpc) is 3.09. The summed E-state index contributed by atoms with van der Waals surface area (Å²) < 4.78 is 1.77. The molecule has 21 heavy (non-hydrogen) atoms. The molecule has 0 saturated carbocycles. The van der Waals surface area contributed by atoms with Crippen LogP contribution in [0, 0.1) is 5.92 Å². The first-order valence-corrected chi connectivity index (χ1v) is 7.35. The summed E-state index contributed by atoms with van der Waals surface area (Å²) in [5, 5.41) is 4.20. The Morgan fingerprint density at radius 2 is 2.24 bits per heavy atom. The van der Waals surface area contributed by atoms with Gasteiger partial charge in [0.25, 0.3) is 0 Å². The normalized spacial score (nSPS) is 18.2. The van der Waals surface area contributed by atoms with Crippen LogP contribution in [-0.2, 0) is 6.54 Å². The molecule has 1 fully saturated rings. The van der Waals surface area contributed by atoms with Gasteiger partial charge in [-0.3, -0.25) is 9.48 Å². The van der Waals surface area contributed by atoms with Crippen LogP contribution >= 0.6 is 0 Å². The molecule has 0 spiro atoms. The molecule has 0 amide bonds. The monoisotopic (exact) mass is 284 g/mol. The van der Waals surface area contributed by atoms with Gasteiger partial charge in [-0.25, -0.2) is 4.98 Å². The molecule has 2 aromatic rings. The van der Waals surface area contributed by atoms with Crippen molar-refractivity contribution in [2.24, 2.45) is 5.92 Å². The van der Waals surface area contributed by atoms with E-state index in [4.69, 9.17) is 0 Å². The number of nitrogens with zero attached hydrogens (tertiary/aromatic N) is 4. The number of hydrogen-bond acceptors (Lipinski definition) is 4. The Balaban J connectivity index is 1.67. The van der Waals surface area contributed by atoms with Crippen LogP contribution < -0.4 is 4.90 Å². The summed E-state index contributed by atoms with van der Waals surface area (Å²) in [7, 11) is 0. The zero-order valence-corrected chi connectivity index (χ0v) is 12.5. The fourth-order valence-electron chi connectivity index (χ4n) is 2.66. The van der Waals surface area contributed by atoms with Crippen LogP contribution in [0.3, 0.4) is 0 Å². The van der Waals surface area contributed by atoms with E-state index in [0.29, 0.717) is 12.1 Å². The molecule has 1 saturated heterocycles. The van der Waals surface area contributed by atoms with E-state index in [1.54, 1.807) is 24.0 Å². The number of ketones is 1. The van der Waals surface area contributed by atoms with E-state index >= 15 is 0 Å². The van der Waals surface area contributed by atoms with Crippen molar-refractivity contribution >= 4 is 11.6 Å². The molecule has 0 radical (unpaired) electrons.